The van der Waals surface area contributed by atoms with Gasteiger partial charge >= 0.3 is 0 Å². The average molecular weight is 348 g/mol. The molecule has 0 aliphatic carbocycles. The molecule has 3 aromatic rings. The van der Waals surface area contributed by atoms with E-state index in [-0.39, 0.29) is 5.91 Å². The monoisotopic (exact) mass is 348 g/mol. The Balaban J connectivity index is 1.67. The van der Waals surface area contributed by atoms with E-state index in [0.717, 1.165) is 22.3 Å². The fourth-order valence-corrected chi connectivity index (χ4v) is 3.14. The highest BCUT2D eigenvalue weighted by atomic mass is 16.2. The van der Waals surface area contributed by atoms with Crippen LogP contribution in [0.3, 0.4) is 0 Å². The summed E-state index contributed by atoms with van der Waals surface area (Å²) in [7, 11) is 0. The molecule has 0 atom stereocenters. The van der Waals surface area contributed by atoms with E-state index in [0.29, 0.717) is 13.1 Å². The van der Waals surface area contributed by atoms with Gasteiger partial charge in [-0.2, -0.15) is 5.10 Å². The lowest BCUT2D eigenvalue weighted by Crippen LogP contribution is -2.40. The van der Waals surface area contributed by atoms with Gasteiger partial charge in [-0.25, -0.2) is 9.67 Å². The Bertz CT molecular complexity index is 885. The van der Waals surface area contributed by atoms with Crippen LogP contribution in [0.1, 0.15) is 36.1 Å². The summed E-state index contributed by atoms with van der Waals surface area (Å²) in [6.07, 6.45) is 3.22. The van der Waals surface area contributed by atoms with E-state index in [1.54, 1.807) is 11.0 Å². The van der Waals surface area contributed by atoms with Gasteiger partial charge in [0.25, 0.3) is 0 Å². The van der Waals surface area contributed by atoms with Crippen LogP contribution in [0, 0.1) is 6.92 Å². The van der Waals surface area contributed by atoms with Crippen LogP contribution in [-0.4, -0.2) is 20.7 Å². The normalized spacial score (nSPS) is 11.3. The van der Waals surface area contributed by atoms with Crippen LogP contribution in [-0.2, 0) is 23.3 Å². The van der Waals surface area contributed by atoms with Gasteiger partial charge in [0.2, 0.25) is 5.91 Å². The topological polar surface area (TPSA) is 59.8 Å². The molecule has 1 N–H and O–H groups in total. The summed E-state index contributed by atoms with van der Waals surface area (Å²) in [6, 6.07) is 16.2. The van der Waals surface area contributed by atoms with Gasteiger partial charge in [0.05, 0.1) is 12.0 Å². The van der Waals surface area contributed by atoms with E-state index < -0.39 is 5.41 Å². The van der Waals surface area contributed by atoms with Crippen LogP contribution >= 0.6 is 0 Å². The molecule has 2 aromatic carbocycles. The fraction of sp³-hybridized carbons (Fsp3) is 0.286. The number of nitrogens with zero attached hydrogens (tertiary/aromatic N) is 3. The summed E-state index contributed by atoms with van der Waals surface area (Å²) in [5.74, 6) is 0.0217. The summed E-state index contributed by atoms with van der Waals surface area (Å²) in [4.78, 5) is 16.8. The van der Waals surface area contributed by atoms with E-state index in [1.165, 1.54) is 6.33 Å². The van der Waals surface area contributed by atoms with Gasteiger partial charge in [-0.15, -0.1) is 0 Å². The van der Waals surface area contributed by atoms with Crippen LogP contribution in [0.4, 0.5) is 0 Å². The molecule has 5 heteroatoms. The Hall–Kier alpha value is -2.95. The van der Waals surface area contributed by atoms with Gasteiger partial charge < -0.3 is 5.32 Å². The molecule has 1 amide bonds. The van der Waals surface area contributed by atoms with E-state index in [1.807, 2.05) is 63.2 Å². The third kappa shape index (κ3) is 3.99. The number of aryl methyl sites for hydroxylation is 1. The summed E-state index contributed by atoms with van der Waals surface area (Å²) in [5.41, 5.74) is 3.79. The van der Waals surface area contributed by atoms with Crippen molar-refractivity contribution >= 4 is 5.91 Å². The maximum Gasteiger partial charge on any atom is 0.230 e. The molecule has 0 aliphatic heterocycles. The first kappa shape index (κ1) is 17.9. The molecule has 0 saturated heterocycles. The molecular formula is C21H24N4O. The lowest BCUT2D eigenvalue weighted by Gasteiger charge is -2.26. The number of carbonyl (C=O) groups excluding carboxylic acids is 1. The third-order valence-electron chi connectivity index (χ3n) is 4.64. The second-order valence-electron chi connectivity index (χ2n) is 7.04. The van der Waals surface area contributed by atoms with Gasteiger partial charge in [0.15, 0.2) is 0 Å². The fourth-order valence-electron chi connectivity index (χ4n) is 3.14. The maximum atomic E-state index is 12.8. The Kier molecular flexibility index (Phi) is 5.16. The summed E-state index contributed by atoms with van der Waals surface area (Å²) in [6.45, 7) is 7.13. The molecule has 5 nitrogen and oxygen atoms in total. The molecule has 0 aliphatic rings. The Morgan fingerprint density at radius 3 is 2.62 bits per heavy atom. The third-order valence-corrected chi connectivity index (χ3v) is 4.64. The largest absolute Gasteiger partial charge is 0.351 e. The minimum absolute atomic E-state index is 0.0217. The van der Waals surface area contributed by atoms with Gasteiger partial charge in [-0.3, -0.25) is 4.79 Å². The number of amides is 1. The highest BCUT2D eigenvalue weighted by Crippen LogP contribution is 2.26. The van der Waals surface area contributed by atoms with Crippen LogP contribution < -0.4 is 5.32 Å². The predicted octanol–water partition coefficient (Wildman–Crippen LogP) is 3.23. The highest BCUT2D eigenvalue weighted by Gasteiger charge is 2.30. The van der Waals surface area contributed by atoms with Crippen molar-refractivity contribution in [3.8, 4) is 0 Å². The molecule has 0 spiro atoms. The summed E-state index contributed by atoms with van der Waals surface area (Å²) < 4.78 is 1.78. The van der Waals surface area contributed by atoms with Crippen molar-refractivity contribution in [3.63, 3.8) is 0 Å². The zero-order valence-corrected chi connectivity index (χ0v) is 15.4. The Morgan fingerprint density at radius 2 is 1.88 bits per heavy atom. The minimum Gasteiger partial charge on any atom is -0.351 e. The number of benzene rings is 2. The molecule has 0 bridgehead atoms. The van der Waals surface area contributed by atoms with Gasteiger partial charge in [-0.05, 0) is 43.0 Å². The van der Waals surface area contributed by atoms with E-state index in [2.05, 4.69) is 21.5 Å². The van der Waals surface area contributed by atoms with Crippen LogP contribution in [0.15, 0.2) is 61.2 Å². The second-order valence-corrected chi connectivity index (χ2v) is 7.04. The Labute approximate surface area is 154 Å². The van der Waals surface area contributed by atoms with Crippen molar-refractivity contribution in [1.29, 1.82) is 0 Å². The SMILES string of the molecule is Cc1ccccc1C(C)(C)C(=O)NCc1cccc(Cn2cncn2)c1. The second kappa shape index (κ2) is 7.52. The maximum absolute atomic E-state index is 12.8. The van der Waals surface area contributed by atoms with Gasteiger partial charge in [0, 0.05) is 6.54 Å². The molecule has 26 heavy (non-hydrogen) atoms. The quantitative estimate of drug-likeness (QED) is 0.744. The lowest BCUT2D eigenvalue weighted by atomic mass is 9.81. The zero-order valence-electron chi connectivity index (χ0n) is 15.4. The van der Waals surface area contributed by atoms with Crippen LogP contribution in [0.5, 0.6) is 0 Å². The minimum atomic E-state index is -0.580. The number of hydrogen-bond acceptors (Lipinski definition) is 3. The molecule has 1 heterocycles. The number of hydrogen-bond donors (Lipinski definition) is 1. The van der Waals surface area contributed by atoms with E-state index in [4.69, 9.17) is 0 Å². The highest BCUT2D eigenvalue weighted by molar-refractivity contribution is 5.87. The molecule has 0 radical (unpaired) electrons. The van der Waals surface area contributed by atoms with Crippen molar-refractivity contribution < 1.29 is 4.79 Å². The molecule has 0 fully saturated rings. The first-order valence-electron chi connectivity index (χ1n) is 8.71. The molecule has 134 valence electrons. The number of carbonyl (C=O) groups is 1. The van der Waals surface area contributed by atoms with Crippen molar-refractivity contribution in [2.45, 2.75) is 39.3 Å². The predicted molar refractivity (Wildman–Crippen MR) is 102 cm³/mol. The van der Waals surface area contributed by atoms with E-state index in [9.17, 15) is 4.79 Å². The van der Waals surface area contributed by atoms with Crippen molar-refractivity contribution in [3.05, 3.63) is 83.4 Å². The van der Waals surface area contributed by atoms with Gasteiger partial charge in [0.1, 0.15) is 12.7 Å². The first-order chi connectivity index (χ1) is 12.5. The molecule has 3 rings (SSSR count). The molecular weight excluding hydrogens is 324 g/mol. The van der Waals surface area contributed by atoms with Crippen LogP contribution in [0.2, 0.25) is 0 Å². The summed E-state index contributed by atoms with van der Waals surface area (Å²) >= 11 is 0. The standard InChI is InChI=1S/C21H24N4O/c1-16-7-4-5-10-19(16)21(2,3)20(26)23-12-17-8-6-9-18(11-17)13-25-15-22-14-24-25/h4-11,14-15H,12-13H2,1-3H3,(H,23,26). The Morgan fingerprint density at radius 1 is 1.12 bits per heavy atom. The molecule has 0 unspecified atom stereocenters. The number of nitrogens with one attached hydrogen (secondary N) is 1. The molecule has 0 saturated carbocycles. The van der Waals surface area contributed by atoms with Crippen molar-refractivity contribution in [1.82, 2.24) is 20.1 Å². The molecule has 1 aromatic heterocycles. The zero-order chi connectivity index (χ0) is 18.6. The number of aromatic nitrogens is 3. The smallest absolute Gasteiger partial charge is 0.230 e. The van der Waals surface area contributed by atoms with Gasteiger partial charge in [-0.1, -0.05) is 48.5 Å². The average Bonchev–Trinajstić information content (AvgIpc) is 3.13. The first-order valence-corrected chi connectivity index (χ1v) is 8.71. The van der Waals surface area contributed by atoms with Crippen LogP contribution in [0.25, 0.3) is 0 Å². The number of rotatable bonds is 6. The van der Waals surface area contributed by atoms with E-state index >= 15 is 0 Å². The van der Waals surface area contributed by atoms with Crippen molar-refractivity contribution in [2.24, 2.45) is 0 Å². The summed E-state index contributed by atoms with van der Waals surface area (Å²) in [5, 5.41) is 7.20. The van der Waals surface area contributed by atoms with Crippen molar-refractivity contribution in [2.75, 3.05) is 0 Å². The lowest BCUT2D eigenvalue weighted by molar-refractivity contribution is -0.125.